The smallest absolute Gasteiger partial charge is 0.252 e. The zero-order valence-electron chi connectivity index (χ0n) is 19.5. The average molecular weight is 483 g/mol. The maximum Gasteiger partial charge on any atom is 0.252 e. The van der Waals surface area contributed by atoms with Gasteiger partial charge in [-0.25, -0.2) is 0 Å². The fraction of sp³-hybridized carbons (Fsp3) is 0.241. The number of carbonyl (C=O) groups is 1. The molecule has 1 aliphatic heterocycles. The first-order valence-electron chi connectivity index (χ1n) is 11.9. The third kappa shape index (κ3) is 4.12. The number of carbonyl (C=O) groups excluding carboxylic acids is 1. The van der Waals surface area contributed by atoms with E-state index in [1.54, 1.807) is 29.5 Å². The van der Waals surface area contributed by atoms with Gasteiger partial charge in [0.25, 0.3) is 5.56 Å². The van der Waals surface area contributed by atoms with Crippen LogP contribution in [0.2, 0.25) is 0 Å². The highest BCUT2D eigenvalue weighted by molar-refractivity contribution is 7.99. The number of aromatic nitrogens is 1. The minimum atomic E-state index is -0.520. The molecule has 176 valence electrons. The number of ether oxygens (including phenoxy) is 1. The van der Waals surface area contributed by atoms with Crippen molar-refractivity contribution >= 4 is 34.1 Å². The van der Waals surface area contributed by atoms with Crippen LogP contribution in [0.3, 0.4) is 0 Å². The maximum atomic E-state index is 13.4. The van der Waals surface area contributed by atoms with Gasteiger partial charge in [-0.15, -0.1) is 11.8 Å². The van der Waals surface area contributed by atoms with Crippen LogP contribution < -0.4 is 15.6 Å². The molecule has 1 aliphatic carbocycles. The number of nitrogens with zero attached hydrogens (tertiary/aromatic N) is 1. The largest absolute Gasteiger partial charge is 0.497 e. The lowest BCUT2D eigenvalue weighted by Crippen LogP contribution is -2.33. The third-order valence-corrected chi connectivity index (χ3v) is 8.10. The summed E-state index contributed by atoms with van der Waals surface area (Å²) in [5.41, 5.74) is 4.19. The zero-order valence-corrected chi connectivity index (χ0v) is 20.3. The minimum Gasteiger partial charge on any atom is -0.497 e. The van der Waals surface area contributed by atoms with Gasteiger partial charge >= 0.3 is 0 Å². The second kappa shape index (κ2) is 8.93. The van der Waals surface area contributed by atoms with E-state index < -0.39 is 6.04 Å². The van der Waals surface area contributed by atoms with Gasteiger partial charge in [0, 0.05) is 17.5 Å². The monoisotopic (exact) mass is 482 g/mol. The summed E-state index contributed by atoms with van der Waals surface area (Å²) in [4.78, 5) is 26.6. The highest BCUT2D eigenvalue weighted by Crippen LogP contribution is 2.48. The molecule has 1 N–H and O–H groups in total. The van der Waals surface area contributed by atoms with Crippen molar-refractivity contribution in [2.24, 2.45) is 0 Å². The van der Waals surface area contributed by atoms with Crippen LogP contribution in [0.5, 0.6) is 5.75 Å². The van der Waals surface area contributed by atoms with E-state index in [1.165, 1.54) is 21.9 Å². The summed E-state index contributed by atoms with van der Waals surface area (Å²) < 4.78 is 6.92. The molecule has 0 bridgehead atoms. The molecule has 1 unspecified atom stereocenters. The molecule has 3 aromatic carbocycles. The lowest BCUT2D eigenvalue weighted by molar-refractivity contribution is -0.118. The molecule has 0 spiro atoms. The normalized spacial score (nSPS) is 16.8. The molecular weight excluding hydrogens is 456 g/mol. The highest BCUT2D eigenvalue weighted by Gasteiger charge is 2.37. The molecule has 2 aliphatic rings. The Bertz CT molecular complexity index is 1480. The van der Waals surface area contributed by atoms with Crippen molar-refractivity contribution in [2.45, 2.75) is 36.2 Å². The Kier molecular flexibility index (Phi) is 5.61. The van der Waals surface area contributed by atoms with Gasteiger partial charge in [0.1, 0.15) is 11.8 Å². The summed E-state index contributed by atoms with van der Waals surface area (Å²) in [6.07, 6.45) is 2.99. The fourth-order valence-corrected chi connectivity index (χ4v) is 6.46. The Morgan fingerprint density at radius 1 is 1.03 bits per heavy atom. The van der Waals surface area contributed by atoms with Crippen molar-refractivity contribution in [1.29, 1.82) is 0 Å². The molecule has 4 aromatic rings. The van der Waals surface area contributed by atoms with Gasteiger partial charge < -0.3 is 10.1 Å². The van der Waals surface area contributed by atoms with Crippen LogP contribution in [0.4, 0.5) is 5.69 Å². The molecule has 6 rings (SSSR count). The topological polar surface area (TPSA) is 60.3 Å². The molecule has 1 atom stereocenters. The molecule has 0 radical (unpaired) electrons. The first kappa shape index (κ1) is 22.0. The van der Waals surface area contributed by atoms with Gasteiger partial charge in [-0.2, -0.15) is 0 Å². The number of benzene rings is 3. The van der Waals surface area contributed by atoms with Crippen LogP contribution in [0.15, 0.2) is 82.6 Å². The summed E-state index contributed by atoms with van der Waals surface area (Å²) in [6.45, 7) is 0. The quantitative estimate of drug-likeness (QED) is 0.379. The molecule has 1 fully saturated rings. The molecule has 6 heteroatoms. The molecule has 35 heavy (non-hydrogen) atoms. The first-order valence-corrected chi connectivity index (χ1v) is 12.9. The number of nitrogens with one attached hydrogen (secondary N) is 1. The second-order valence-electron chi connectivity index (χ2n) is 9.23. The van der Waals surface area contributed by atoms with Crippen LogP contribution in [-0.2, 0) is 11.2 Å². The van der Waals surface area contributed by atoms with Crippen molar-refractivity contribution < 1.29 is 9.53 Å². The zero-order chi connectivity index (χ0) is 23.9. The van der Waals surface area contributed by atoms with E-state index in [0.29, 0.717) is 17.4 Å². The van der Waals surface area contributed by atoms with E-state index in [4.69, 9.17) is 4.74 Å². The van der Waals surface area contributed by atoms with E-state index in [-0.39, 0.29) is 11.5 Å². The summed E-state index contributed by atoms with van der Waals surface area (Å²) in [7, 11) is 1.61. The predicted molar refractivity (Wildman–Crippen MR) is 141 cm³/mol. The molecular formula is C29H26N2O3S. The van der Waals surface area contributed by atoms with Crippen molar-refractivity contribution in [3.05, 3.63) is 99.8 Å². The summed E-state index contributed by atoms with van der Waals surface area (Å²) in [5.74, 6) is 1.60. The Hall–Kier alpha value is -3.51. The first-order chi connectivity index (χ1) is 17.1. The number of anilines is 1. The maximum absolute atomic E-state index is 13.4. The van der Waals surface area contributed by atoms with Crippen molar-refractivity contribution in [3.63, 3.8) is 0 Å². The molecule has 1 aromatic heterocycles. The average Bonchev–Trinajstić information content (AvgIpc) is 3.61. The lowest BCUT2D eigenvalue weighted by Gasteiger charge is -2.18. The van der Waals surface area contributed by atoms with E-state index in [2.05, 4.69) is 47.8 Å². The van der Waals surface area contributed by atoms with Gasteiger partial charge in [-0.3, -0.25) is 14.2 Å². The number of hydrogen-bond acceptors (Lipinski definition) is 4. The van der Waals surface area contributed by atoms with E-state index >= 15 is 0 Å². The Labute approximate surface area is 208 Å². The standard InChI is InChI=1S/C29H26N2O3S/c1-34-23-13-11-22(12-14-23)30-28(33)25-17-35-29-27(19-9-10-19)21(16-26(32)31(25)29)15-20-7-4-6-18-5-2-3-8-24(18)20/h2-8,11-14,16,19,25H,9-10,15,17H2,1H3,(H,30,33). The van der Waals surface area contributed by atoms with E-state index in [0.717, 1.165) is 35.6 Å². The number of methoxy groups -OCH3 is 1. The van der Waals surface area contributed by atoms with Gasteiger partial charge in [0.05, 0.1) is 12.1 Å². The number of thioether (sulfide) groups is 1. The molecule has 1 saturated carbocycles. The highest BCUT2D eigenvalue weighted by atomic mass is 32.2. The summed E-state index contributed by atoms with van der Waals surface area (Å²) in [5, 5.41) is 6.38. The molecule has 1 amide bonds. The fourth-order valence-electron chi connectivity index (χ4n) is 5.04. The SMILES string of the molecule is COc1ccc(NC(=O)C2CSc3c(C4CC4)c(Cc4cccc5ccccc45)cc(=O)n32)cc1. The third-order valence-electron chi connectivity index (χ3n) is 6.93. The summed E-state index contributed by atoms with van der Waals surface area (Å²) in [6, 6.07) is 23.3. The van der Waals surface area contributed by atoms with Crippen LogP contribution in [-0.4, -0.2) is 23.3 Å². The summed E-state index contributed by atoms with van der Waals surface area (Å²) >= 11 is 1.64. The number of hydrogen-bond donors (Lipinski definition) is 1. The minimum absolute atomic E-state index is 0.0977. The number of pyridine rings is 1. The number of rotatable bonds is 6. The molecule has 0 saturated heterocycles. The number of fused-ring (bicyclic) bond motifs is 2. The van der Waals surface area contributed by atoms with Crippen molar-refractivity contribution in [2.75, 3.05) is 18.2 Å². The number of amides is 1. The van der Waals surface area contributed by atoms with Gasteiger partial charge in [0.2, 0.25) is 5.91 Å². The van der Waals surface area contributed by atoms with Crippen LogP contribution in [0.1, 0.15) is 41.5 Å². The van der Waals surface area contributed by atoms with Crippen LogP contribution >= 0.6 is 11.8 Å². The Balaban J connectivity index is 1.35. The van der Waals surface area contributed by atoms with E-state index in [1.807, 2.05) is 24.3 Å². The van der Waals surface area contributed by atoms with Crippen LogP contribution in [0.25, 0.3) is 10.8 Å². The predicted octanol–water partition coefficient (Wildman–Crippen LogP) is 5.76. The van der Waals surface area contributed by atoms with Gasteiger partial charge in [-0.1, -0.05) is 42.5 Å². The van der Waals surface area contributed by atoms with E-state index in [9.17, 15) is 9.59 Å². The van der Waals surface area contributed by atoms with Crippen LogP contribution in [0, 0.1) is 0 Å². The van der Waals surface area contributed by atoms with Crippen molar-refractivity contribution in [1.82, 2.24) is 4.57 Å². The Morgan fingerprint density at radius 2 is 1.80 bits per heavy atom. The Morgan fingerprint density at radius 3 is 2.57 bits per heavy atom. The molecule has 5 nitrogen and oxygen atoms in total. The van der Waals surface area contributed by atoms with Gasteiger partial charge in [-0.05, 0) is 76.9 Å². The molecule has 2 heterocycles. The van der Waals surface area contributed by atoms with Crippen molar-refractivity contribution in [3.8, 4) is 5.75 Å². The second-order valence-corrected chi connectivity index (χ2v) is 10.2. The lowest BCUT2D eigenvalue weighted by atomic mass is 9.95. The van der Waals surface area contributed by atoms with Gasteiger partial charge in [0.15, 0.2) is 0 Å².